The van der Waals surface area contributed by atoms with E-state index in [0.717, 1.165) is 5.69 Å². The number of esters is 1. The average molecular weight is 253 g/mol. The van der Waals surface area contributed by atoms with E-state index in [9.17, 15) is 4.79 Å². The van der Waals surface area contributed by atoms with E-state index in [1.807, 2.05) is 6.07 Å². The fourth-order valence-corrected chi connectivity index (χ4v) is 0.934. The number of hydrogen-bond donors (Lipinski definition) is 1. The summed E-state index contributed by atoms with van der Waals surface area (Å²) < 4.78 is 4.56. The molecule has 0 fully saturated rings. The Morgan fingerprint density at radius 3 is 2.67 bits per heavy atom. The van der Waals surface area contributed by atoms with Crippen molar-refractivity contribution in [1.29, 1.82) is 0 Å². The zero-order valence-electron chi connectivity index (χ0n) is 8.47. The van der Waals surface area contributed by atoms with Crippen LogP contribution in [0.4, 0.5) is 5.69 Å². The zero-order chi connectivity index (χ0) is 9.68. The molecule has 15 heavy (non-hydrogen) atoms. The van der Waals surface area contributed by atoms with Crippen LogP contribution in [0.5, 0.6) is 0 Å². The van der Waals surface area contributed by atoms with Gasteiger partial charge in [0.05, 0.1) is 12.8 Å². The third-order valence-electron chi connectivity index (χ3n) is 1.60. The maximum absolute atomic E-state index is 11.0. The number of carbonyl (C=O) groups is 1. The first kappa shape index (κ1) is 16.4. The number of pyridine rings is 1. The van der Waals surface area contributed by atoms with E-state index in [1.54, 1.807) is 25.4 Å². The van der Waals surface area contributed by atoms with Crippen molar-refractivity contribution in [2.45, 2.75) is 13.0 Å². The highest BCUT2D eigenvalue weighted by molar-refractivity contribution is 5.85. The molecule has 6 heteroatoms. The molecule has 86 valence electrons. The van der Waals surface area contributed by atoms with Gasteiger partial charge < -0.3 is 10.1 Å². The molecular weight excluding hydrogens is 239 g/mol. The lowest BCUT2D eigenvalue weighted by Gasteiger charge is -2.11. The first-order valence-corrected chi connectivity index (χ1v) is 3.98. The van der Waals surface area contributed by atoms with Gasteiger partial charge in [-0.3, -0.25) is 4.98 Å². The minimum Gasteiger partial charge on any atom is -0.467 e. The largest absolute Gasteiger partial charge is 0.467 e. The lowest BCUT2D eigenvalue weighted by molar-refractivity contribution is -0.141. The minimum atomic E-state index is -0.353. The van der Waals surface area contributed by atoms with Crippen molar-refractivity contribution in [2.75, 3.05) is 12.4 Å². The molecule has 0 radical (unpaired) electrons. The van der Waals surface area contributed by atoms with Crippen molar-refractivity contribution in [1.82, 2.24) is 4.98 Å². The van der Waals surface area contributed by atoms with Crippen molar-refractivity contribution in [3.8, 4) is 0 Å². The Labute approximate surface area is 101 Å². The summed E-state index contributed by atoms with van der Waals surface area (Å²) in [6.07, 6.45) is 3.33. The van der Waals surface area contributed by atoms with Gasteiger partial charge in [0, 0.05) is 12.4 Å². The summed E-state index contributed by atoms with van der Waals surface area (Å²) >= 11 is 0. The molecule has 1 rings (SSSR count). The standard InChI is InChI=1S/C9H12N2O2.2ClH/c1-7(9(12)13-2)11-8-4-3-5-10-6-8;;/h3-7,11H,1-2H3;2*1H/t7-;;/m1../s1. The van der Waals surface area contributed by atoms with E-state index in [0.29, 0.717) is 0 Å². The lowest BCUT2D eigenvalue weighted by atomic mass is 10.3. The number of aromatic nitrogens is 1. The van der Waals surface area contributed by atoms with Gasteiger partial charge in [-0.2, -0.15) is 0 Å². The van der Waals surface area contributed by atoms with Gasteiger partial charge in [-0.1, -0.05) is 0 Å². The molecule has 1 aromatic rings. The quantitative estimate of drug-likeness (QED) is 0.836. The molecule has 0 aromatic carbocycles. The molecular formula is C9H14Cl2N2O2. The van der Waals surface area contributed by atoms with Crippen molar-refractivity contribution in [3.63, 3.8) is 0 Å². The van der Waals surface area contributed by atoms with Gasteiger partial charge in [0.15, 0.2) is 0 Å². The van der Waals surface area contributed by atoms with Crippen molar-refractivity contribution < 1.29 is 9.53 Å². The second kappa shape index (κ2) is 8.32. The van der Waals surface area contributed by atoms with Gasteiger partial charge in [-0.05, 0) is 19.1 Å². The Kier molecular flexibility index (Phi) is 9.11. The Morgan fingerprint density at radius 2 is 2.20 bits per heavy atom. The summed E-state index contributed by atoms with van der Waals surface area (Å²) in [5, 5.41) is 2.96. The molecule has 0 aliphatic heterocycles. The maximum atomic E-state index is 11.0. The van der Waals surface area contributed by atoms with Crippen LogP contribution >= 0.6 is 24.8 Å². The number of nitrogens with zero attached hydrogens (tertiary/aromatic N) is 1. The molecule has 1 atom stereocenters. The van der Waals surface area contributed by atoms with Crippen molar-refractivity contribution >= 4 is 36.5 Å². The number of anilines is 1. The molecule has 0 amide bonds. The lowest BCUT2D eigenvalue weighted by Crippen LogP contribution is -2.27. The Balaban J connectivity index is 0. The Hall–Kier alpha value is -1.00. The second-order valence-electron chi connectivity index (χ2n) is 2.63. The number of halogens is 2. The number of carbonyl (C=O) groups excluding carboxylic acids is 1. The van der Waals surface area contributed by atoms with Crippen LogP contribution in [0.1, 0.15) is 6.92 Å². The van der Waals surface area contributed by atoms with Crippen LogP contribution in [0.15, 0.2) is 24.5 Å². The van der Waals surface area contributed by atoms with Crippen LogP contribution in [-0.4, -0.2) is 24.1 Å². The highest BCUT2D eigenvalue weighted by Gasteiger charge is 2.11. The number of ether oxygens (including phenoxy) is 1. The van der Waals surface area contributed by atoms with E-state index in [4.69, 9.17) is 0 Å². The monoisotopic (exact) mass is 252 g/mol. The predicted molar refractivity (Wildman–Crippen MR) is 63.8 cm³/mol. The molecule has 1 heterocycles. The maximum Gasteiger partial charge on any atom is 0.327 e. The number of hydrogen-bond acceptors (Lipinski definition) is 4. The smallest absolute Gasteiger partial charge is 0.327 e. The molecule has 0 saturated carbocycles. The summed E-state index contributed by atoms with van der Waals surface area (Å²) in [5.74, 6) is -0.288. The van der Waals surface area contributed by atoms with Crippen LogP contribution in [0.25, 0.3) is 0 Å². The Bertz CT molecular complexity index is 283. The molecule has 0 aliphatic rings. The summed E-state index contributed by atoms with van der Waals surface area (Å²) in [6.45, 7) is 1.73. The predicted octanol–water partition coefficient (Wildman–Crippen LogP) is 1.90. The summed E-state index contributed by atoms with van der Waals surface area (Å²) in [7, 11) is 1.36. The third kappa shape index (κ3) is 5.44. The fourth-order valence-electron chi connectivity index (χ4n) is 0.934. The van der Waals surface area contributed by atoms with Crippen LogP contribution in [0, 0.1) is 0 Å². The van der Waals surface area contributed by atoms with E-state index >= 15 is 0 Å². The first-order valence-electron chi connectivity index (χ1n) is 3.98. The topological polar surface area (TPSA) is 51.2 Å². The minimum absolute atomic E-state index is 0. The van der Waals surface area contributed by atoms with Gasteiger partial charge in [-0.15, -0.1) is 24.8 Å². The number of methoxy groups -OCH3 is 1. The normalized spacial score (nSPS) is 10.3. The molecule has 0 spiro atoms. The van der Waals surface area contributed by atoms with Gasteiger partial charge in [-0.25, -0.2) is 4.79 Å². The van der Waals surface area contributed by atoms with Crippen molar-refractivity contribution in [3.05, 3.63) is 24.5 Å². The Morgan fingerprint density at radius 1 is 1.53 bits per heavy atom. The third-order valence-corrected chi connectivity index (χ3v) is 1.60. The molecule has 0 unspecified atom stereocenters. The summed E-state index contributed by atoms with van der Waals surface area (Å²) in [6, 6.07) is 3.29. The number of nitrogens with one attached hydrogen (secondary N) is 1. The molecule has 4 nitrogen and oxygen atoms in total. The summed E-state index contributed by atoms with van der Waals surface area (Å²) in [4.78, 5) is 14.9. The van der Waals surface area contributed by atoms with Crippen LogP contribution in [0.3, 0.4) is 0 Å². The second-order valence-corrected chi connectivity index (χ2v) is 2.63. The van der Waals surface area contributed by atoms with Gasteiger partial charge in [0.2, 0.25) is 0 Å². The van der Waals surface area contributed by atoms with Crippen LogP contribution in [0.2, 0.25) is 0 Å². The van der Waals surface area contributed by atoms with E-state index < -0.39 is 0 Å². The molecule has 0 aliphatic carbocycles. The fraction of sp³-hybridized carbons (Fsp3) is 0.333. The van der Waals surface area contributed by atoms with Gasteiger partial charge in [0.1, 0.15) is 6.04 Å². The SMILES string of the molecule is COC(=O)[C@@H](C)Nc1cccnc1.Cl.Cl. The zero-order valence-corrected chi connectivity index (χ0v) is 10.1. The molecule has 1 N–H and O–H groups in total. The van der Waals surface area contributed by atoms with Gasteiger partial charge in [0.25, 0.3) is 0 Å². The van der Waals surface area contributed by atoms with Crippen LogP contribution in [-0.2, 0) is 9.53 Å². The van der Waals surface area contributed by atoms with E-state index in [1.165, 1.54) is 7.11 Å². The van der Waals surface area contributed by atoms with Crippen molar-refractivity contribution in [2.24, 2.45) is 0 Å². The first-order chi connectivity index (χ1) is 6.24. The highest BCUT2D eigenvalue weighted by Crippen LogP contribution is 2.05. The van der Waals surface area contributed by atoms with Gasteiger partial charge >= 0.3 is 5.97 Å². The summed E-state index contributed by atoms with van der Waals surface area (Å²) in [5.41, 5.74) is 0.806. The van der Waals surface area contributed by atoms with E-state index in [2.05, 4.69) is 15.0 Å². The average Bonchev–Trinajstić information content (AvgIpc) is 2.18. The molecule has 0 bridgehead atoms. The van der Waals surface area contributed by atoms with Crippen LogP contribution < -0.4 is 5.32 Å². The molecule has 1 aromatic heterocycles. The van der Waals surface area contributed by atoms with E-state index in [-0.39, 0.29) is 36.8 Å². The number of rotatable bonds is 3. The molecule has 0 saturated heterocycles. The highest BCUT2D eigenvalue weighted by atomic mass is 35.5.